The second kappa shape index (κ2) is 13.0. The van der Waals surface area contributed by atoms with Crippen LogP contribution in [0.5, 0.6) is 11.5 Å². The Kier molecular flexibility index (Phi) is 9.17. The standard InChI is InChI=1S/C29H26ClFN4O5S2/c1-38-27-13-24-22(12-21(27)25-16-41-28(35-25)15-39-8-9-42(2,36)37)29(33-17-32-24)34-20-6-7-26(23(30)11-20)40-14-18-4-3-5-19(31)10-18/h3-7,10-13,16-17H,8-9,14-15H2,1-2H3,(H,32,33,34). The van der Waals surface area contributed by atoms with E-state index in [1.54, 1.807) is 31.4 Å². The van der Waals surface area contributed by atoms with Gasteiger partial charge in [0.1, 0.15) is 50.9 Å². The van der Waals surface area contributed by atoms with Crippen molar-refractivity contribution in [2.24, 2.45) is 0 Å². The number of aromatic nitrogens is 3. The topological polar surface area (TPSA) is 113 Å². The molecular formula is C29H26ClFN4O5S2. The van der Waals surface area contributed by atoms with Crippen molar-refractivity contribution in [1.29, 1.82) is 0 Å². The highest BCUT2D eigenvalue weighted by Gasteiger charge is 2.16. The highest BCUT2D eigenvalue weighted by atomic mass is 35.5. The zero-order valence-electron chi connectivity index (χ0n) is 22.6. The molecule has 5 rings (SSSR count). The molecule has 9 nitrogen and oxygen atoms in total. The maximum absolute atomic E-state index is 13.5. The van der Waals surface area contributed by atoms with Gasteiger partial charge in [-0.2, -0.15) is 0 Å². The van der Waals surface area contributed by atoms with Crippen LogP contribution in [0.2, 0.25) is 5.02 Å². The fourth-order valence-electron chi connectivity index (χ4n) is 4.04. The molecule has 42 heavy (non-hydrogen) atoms. The van der Waals surface area contributed by atoms with Crippen LogP contribution in [-0.2, 0) is 27.8 Å². The quantitative estimate of drug-likeness (QED) is 0.156. The molecule has 5 aromatic rings. The first-order valence-corrected chi connectivity index (χ1v) is 16.0. The molecule has 0 radical (unpaired) electrons. The summed E-state index contributed by atoms with van der Waals surface area (Å²) in [4.78, 5) is 13.5. The summed E-state index contributed by atoms with van der Waals surface area (Å²) in [5.41, 5.74) is 3.45. The smallest absolute Gasteiger partial charge is 0.149 e. The van der Waals surface area contributed by atoms with Gasteiger partial charge in [0, 0.05) is 34.3 Å². The van der Waals surface area contributed by atoms with Crippen LogP contribution in [0, 0.1) is 5.82 Å². The highest BCUT2D eigenvalue weighted by molar-refractivity contribution is 7.90. The summed E-state index contributed by atoms with van der Waals surface area (Å²) in [6, 6.07) is 15.2. The van der Waals surface area contributed by atoms with E-state index in [4.69, 9.17) is 25.8 Å². The second-order valence-electron chi connectivity index (χ2n) is 9.29. The van der Waals surface area contributed by atoms with Gasteiger partial charge in [0.25, 0.3) is 0 Å². The number of thiazole rings is 1. The number of hydrogen-bond acceptors (Lipinski definition) is 10. The van der Waals surface area contributed by atoms with Crippen LogP contribution < -0.4 is 14.8 Å². The SMILES string of the molecule is COc1cc2ncnc(Nc3ccc(OCc4cccc(F)c4)c(Cl)c3)c2cc1-c1csc(COCCS(C)(=O)=O)n1. The zero-order chi connectivity index (χ0) is 29.7. The summed E-state index contributed by atoms with van der Waals surface area (Å²) in [7, 11) is -1.52. The average Bonchev–Trinajstić information content (AvgIpc) is 3.43. The van der Waals surface area contributed by atoms with Crippen molar-refractivity contribution in [2.45, 2.75) is 13.2 Å². The first-order chi connectivity index (χ1) is 20.2. The molecule has 3 aromatic carbocycles. The van der Waals surface area contributed by atoms with Gasteiger partial charge in [-0.1, -0.05) is 23.7 Å². The minimum absolute atomic E-state index is 0.0462. The Balaban J connectivity index is 1.35. The summed E-state index contributed by atoms with van der Waals surface area (Å²) < 4.78 is 53.0. The molecule has 1 N–H and O–H groups in total. The average molecular weight is 629 g/mol. The molecule has 0 aliphatic carbocycles. The van der Waals surface area contributed by atoms with Crippen LogP contribution in [0.1, 0.15) is 10.6 Å². The van der Waals surface area contributed by atoms with Crippen LogP contribution >= 0.6 is 22.9 Å². The van der Waals surface area contributed by atoms with Gasteiger partial charge in [0.15, 0.2) is 0 Å². The van der Waals surface area contributed by atoms with E-state index in [2.05, 4.69) is 20.3 Å². The molecule has 0 fully saturated rings. The lowest BCUT2D eigenvalue weighted by molar-refractivity contribution is 0.135. The zero-order valence-corrected chi connectivity index (χ0v) is 25.0. The van der Waals surface area contributed by atoms with Gasteiger partial charge in [0.2, 0.25) is 0 Å². The molecule has 2 aromatic heterocycles. The largest absolute Gasteiger partial charge is 0.496 e. The lowest BCUT2D eigenvalue weighted by Gasteiger charge is -2.13. The third-order valence-electron chi connectivity index (χ3n) is 6.09. The summed E-state index contributed by atoms with van der Waals surface area (Å²) in [5, 5.41) is 7.00. The van der Waals surface area contributed by atoms with Gasteiger partial charge in [0.05, 0.1) is 42.3 Å². The van der Waals surface area contributed by atoms with Crippen LogP contribution in [0.4, 0.5) is 15.9 Å². The fraction of sp³-hybridized carbons (Fsp3) is 0.207. The van der Waals surface area contributed by atoms with Crippen molar-refractivity contribution in [1.82, 2.24) is 15.0 Å². The van der Waals surface area contributed by atoms with E-state index < -0.39 is 9.84 Å². The molecule has 0 unspecified atom stereocenters. The Bertz CT molecular complexity index is 1830. The third kappa shape index (κ3) is 7.51. The van der Waals surface area contributed by atoms with Crippen molar-refractivity contribution in [3.05, 3.63) is 87.7 Å². The van der Waals surface area contributed by atoms with Crippen LogP contribution in [-0.4, -0.2) is 49.1 Å². The monoisotopic (exact) mass is 628 g/mol. The molecule has 0 amide bonds. The van der Waals surface area contributed by atoms with Gasteiger partial charge < -0.3 is 19.5 Å². The molecule has 0 saturated carbocycles. The number of benzene rings is 3. The summed E-state index contributed by atoms with van der Waals surface area (Å²) >= 11 is 7.90. The number of fused-ring (bicyclic) bond motifs is 1. The number of ether oxygens (including phenoxy) is 3. The van der Waals surface area contributed by atoms with Crippen molar-refractivity contribution in [3.63, 3.8) is 0 Å². The van der Waals surface area contributed by atoms with Gasteiger partial charge in [-0.15, -0.1) is 11.3 Å². The number of methoxy groups -OCH3 is 1. The number of nitrogens with zero attached hydrogens (tertiary/aromatic N) is 3. The molecule has 218 valence electrons. The second-order valence-corrected chi connectivity index (χ2v) is 12.9. The summed E-state index contributed by atoms with van der Waals surface area (Å²) in [5.74, 6) is 1.23. The maximum atomic E-state index is 13.5. The number of anilines is 2. The Hall–Kier alpha value is -3.84. The van der Waals surface area contributed by atoms with Gasteiger partial charge >= 0.3 is 0 Å². The number of sulfone groups is 1. The van der Waals surface area contributed by atoms with E-state index >= 15 is 0 Å². The molecule has 13 heteroatoms. The maximum Gasteiger partial charge on any atom is 0.149 e. The number of rotatable bonds is 12. The minimum atomic E-state index is -3.09. The Morgan fingerprint density at radius 1 is 1.05 bits per heavy atom. The van der Waals surface area contributed by atoms with E-state index in [1.165, 1.54) is 36.1 Å². The van der Waals surface area contributed by atoms with Crippen molar-refractivity contribution >= 4 is 55.2 Å². The molecule has 0 bridgehead atoms. The van der Waals surface area contributed by atoms with E-state index in [0.29, 0.717) is 49.8 Å². The molecule has 0 aliphatic heterocycles. The van der Waals surface area contributed by atoms with Gasteiger partial charge in [-0.25, -0.2) is 27.8 Å². The highest BCUT2D eigenvalue weighted by Crippen LogP contribution is 2.37. The Morgan fingerprint density at radius 2 is 1.90 bits per heavy atom. The molecule has 0 spiro atoms. The van der Waals surface area contributed by atoms with Crippen LogP contribution in [0.25, 0.3) is 22.2 Å². The predicted molar refractivity (Wildman–Crippen MR) is 162 cm³/mol. The van der Waals surface area contributed by atoms with Crippen molar-refractivity contribution < 1.29 is 27.0 Å². The van der Waals surface area contributed by atoms with E-state index in [1.807, 2.05) is 23.6 Å². The normalized spacial score (nSPS) is 11.5. The Morgan fingerprint density at radius 3 is 2.67 bits per heavy atom. The van der Waals surface area contributed by atoms with Crippen LogP contribution in [0.15, 0.2) is 66.3 Å². The summed E-state index contributed by atoms with van der Waals surface area (Å²) in [6.45, 7) is 0.481. The molecule has 0 atom stereocenters. The van der Waals surface area contributed by atoms with E-state index in [0.717, 1.165) is 10.9 Å². The molecular weight excluding hydrogens is 603 g/mol. The van der Waals surface area contributed by atoms with Gasteiger partial charge in [-0.3, -0.25) is 0 Å². The summed E-state index contributed by atoms with van der Waals surface area (Å²) in [6.07, 6.45) is 2.63. The van der Waals surface area contributed by atoms with Crippen molar-refractivity contribution in [3.8, 4) is 22.8 Å². The lowest BCUT2D eigenvalue weighted by atomic mass is 10.1. The predicted octanol–water partition coefficient (Wildman–Crippen LogP) is 6.44. The minimum Gasteiger partial charge on any atom is -0.496 e. The molecule has 2 heterocycles. The van der Waals surface area contributed by atoms with E-state index in [9.17, 15) is 12.8 Å². The first-order valence-electron chi connectivity index (χ1n) is 12.7. The molecule has 0 aliphatic rings. The van der Waals surface area contributed by atoms with Crippen LogP contribution in [0.3, 0.4) is 0 Å². The number of halogens is 2. The number of nitrogens with one attached hydrogen (secondary N) is 1. The molecule has 0 saturated heterocycles. The number of hydrogen-bond donors (Lipinski definition) is 1. The van der Waals surface area contributed by atoms with Gasteiger partial charge in [-0.05, 0) is 42.0 Å². The van der Waals surface area contributed by atoms with Crippen molar-refractivity contribution in [2.75, 3.05) is 31.0 Å². The first kappa shape index (κ1) is 29.6. The Labute approximate surface area is 251 Å². The fourth-order valence-corrected chi connectivity index (χ4v) is 5.43. The van der Waals surface area contributed by atoms with E-state index in [-0.39, 0.29) is 31.4 Å². The lowest BCUT2D eigenvalue weighted by Crippen LogP contribution is -2.09. The third-order valence-corrected chi connectivity index (χ3v) is 8.11.